The molecule has 268 valence electrons. The van der Waals surface area contributed by atoms with Gasteiger partial charge in [-0.1, -0.05) is 194 Å². The van der Waals surface area contributed by atoms with Crippen molar-refractivity contribution >= 4 is 77.2 Å². The van der Waals surface area contributed by atoms with E-state index in [9.17, 15) is 0 Å². The van der Waals surface area contributed by atoms with Crippen molar-refractivity contribution in [3.63, 3.8) is 0 Å². The normalized spacial score (nSPS) is 11.9. The molecule has 0 amide bonds. The standard InChI is InChI=1S/C53H34NO2P/c55-57(38-18-6-2-7-19-38,39-20-8-3-9-21-39)40-31-28-36(29-32-40)52-49(50-46-26-14-15-27-48(46)54-51(53(50)56-52)35-16-4-1-5-17-35)37-30-33-45-43-24-11-10-22-41(43)42-23-12-13-25-44(42)47(45)34-37/h1-34H. The molecule has 0 N–H and O–H groups in total. The van der Waals surface area contributed by atoms with Crippen molar-refractivity contribution in [1.82, 2.24) is 4.98 Å². The van der Waals surface area contributed by atoms with Crippen LogP contribution in [0.5, 0.6) is 0 Å². The highest BCUT2D eigenvalue weighted by atomic mass is 31.2. The second-order valence-electron chi connectivity index (χ2n) is 14.5. The molecule has 3 nitrogen and oxygen atoms in total. The number of fused-ring (bicyclic) bond motifs is 9. The van der Waals surface area contributed by atoms with E-state index in [1.807, 2.05) is 97.1 Å². The highest BCUT2D eigenvalue weighted by molar-refractivity contribution is 7.85. The third-order valence-corrected chi connectivity index (χ3v) is 14.4. The Morgan fingerprint density at radius 2 is 0.842 bits per heavy atom. The van der Waals surface area contributed by atoms with Gasteiger partial charge in [0, 0.05) is 43.4 Å². The fourth-order valence-corrected chi connectivity index (χ4v) is 11.3. The second-order valence-corrected chi connectivity index (χ2v) is 17.3. The number of rotatable bonds is 6. The van der Waals surface area contributed by atoms with Gasteiger partial charge in [-0.3, -0.25) is 0 Å². The molecular formula is C53H34NO2P. The first-order valence-electron chi connectivity index (χ1n) is 19.2. The lowest BCUT2D eigenvalue weighted by Gasteiger charge is -2.20. The highest BCUT2D eigenvalue weighted by Crippen LogP contribution is 2.49. The first-order chi connectivity index (χ1) is 28.2. The minimum atomic E-state index is -3.18. The smallest absolute Gasteiger partial charge is 0.171 e. The predicted octanol–water partition coefficient (Wildman–Crippen LogP) is 13.1. The maximum Gasteiger partial charge on any atom is 0.171 e. The summed E-state index contributed by atoms with van der Waals surface area (Å²) in [6.07, 6.45) is 0. The van der Waals surface area contributed by atoms with E-state index in [2.05, 4.69) is 109 Å². The van der Waals surface area contributed by atoms with E-state index in [-0.39, 0.29) is 0 Å². The fourth-order valence-electron chi connectivity index (χ4n) is 8.69. The van der Waals surface area contributed by atoms with Gasteiger partial charge >= 0.3 is 0 Å². The molecule has 0 atom stereocenters. The molecule has 0 unspecified atom stereocenters. The van der Waals surface area contributed by atoms with E-state index < -0.39 is 7.14 Å². The summed E-state index contributed by atoms with van der Waals surface area (Å²) in [6.45, 7) is 0. The highest BCUT2D eigenvalue weighted by Gasteiger charge is 2.30. The Morgan fingerprint density at radius 1 is 0.386 bits per heavy atom. The molecule has 0 aliphatic rings. The largest absolute Gasteiger partial charge is 0.453 e. The Kier molecular flexibility index (Phi) is 7.77. The van der Waals surface area contributed by atoms with Gasteiger partial charge in [-0.05, 0) is 50.0 Å². The van der Waals surface area contributed by atoms with E-state index in [0.717, 1.165) is 71.5 Å². The molecule has 0 aliphatic heterocycles. The predicted molar refractivity (Wildman–Crippen MR) is 240 cm³/mol. The van der Waals surface area contributed by atoms with Crippen LogP contribution in [-0.2, 0) is 4.57 Å². The minimum Gasteiger partial charge on any atom is -0.453 e. The zero-order chi connectivity index (χ0) is 37.9. The van der Waals surface area contributed by atoms with E-state index in [1.54, 1.807) is 0 Å². The molecule has 57 heavy (non-hydrogen) atoms. The van der Waals surface area contributed by atoms with Gasteiger partial charge < -0.3 is 8.98 Å². The summed E-state index contributed by atoms with van der Waals surface area (Å²) in [5.41, 5.74) is 6.36. The molecule has 0 radical (unpaired) electrons. The fraction of sp³-hybridized carbons (Fsp3) is 0. The van der Waals surface area contributed by atoms with Crippen molar-refractivity contribution in [3.05, 3.63) is 206 Å². The van der Waals surface area contributed by atoms with Gasteiger partial charge in [0.05, 0.1) is 5.52 Å². The van der Waals surface area contributed by atoms with Crippen molar-refractivity contribution in [2.45, 2.75) is 0 Å². The average molecular weight is 748 g/mol. The molecule has 0 bridgehead atoms. The molecule has 11 aromatic rings. The van der Waals surface area contributed by atoms with E-state index in [0.29, 0.717) is 0 Å². The zero-order valence-electron chi connectivity index (χ0n) is 30.8. The van der Waals surface area contributed by atoms with Crippen molar-refractivity contribution in [2.24, 2.45) is 0 Å². The molecule has 0 saturated carbocycles. The SMILES string of the molecule is O=P(c1ccccc1)(c1ccccc1)c1ccc(-c2oc3c(-c4ccccc4)nc4ccccc4c3c2-c2ccc3c4ccccc4c4ccccc4c3c2)cc1. The summed E-state index contributed by atoms with van der Waals surface area (Å²) in [5, 5.41) is 11.7. The first-order valence-corrected chi connectivity index (χ1v) is 20.9. The van der Waals surface area contributed by atoms with Gasteiger partial charge in [-0.2, -0.15) is 0 Å². The van der Waals surface area contributed by atoms with Crippen LogP contribution in [0.2, 0.25) is 0 Å². The lowest BCUT2D eigenvalue weighted by atomic mass is 9.90. The molecule has 0 spiro atoms. The van der Waals surface area contributed by atoms with Crippen molar-refractivity contribution in [3.8, 4) is 33.7 Å². The molecule has 9 aromatic carbocycles. The van der Waals surface area contributed by atoms with Crippen LogP contribution in [0.1, 0.15) is 0 Å². The summed E-state index contributed by atoms with van der Waals surface area (Å²) < 4.78 is 22.5. The molecular weight excluding hydrogens is 714 g/mol. The molecule has 0 saturated heterocycles. The van der Waals surface area contributed by atoms with Crippen molar-refractivity contribution in [2.75, 3.05) is 0 Å². The third kappa shape index (κ3) is 5.28. The van der Waals surface area contributed by atoms with E-state index in [1.165, 1.54) is 32.3 Å². The molecule has 0 aliphatic carbocycles. The summed E-state index contributed by atoms with van der Waals surface area (Å²) in [4.78, 5) is 5.22. The Bertz CT molecular complexity index is 3280. The molecule has 11 rings (SSSR count). The van der Waals surface area contributed by atoms with Crippen LogP contribution in [0, 0.1) is 0 Å². The number of hydrogen-bond acceptors (Lipinski definition) is 3. The first kappa shape index (κ1) is 33.3. The summed E-state index contributed by atoms with van der Waals surface area (Å²) in [6, 6.07) is 70.6. The van der Waals surface area contributed by atoms with Crippen molar-refractivity contribution in [1.29, 1.82) is 0 Å². The topological polar surface area (TPSA) is 43.1 Å². The average Bonchev–Trinajstić information content (AvgIpc) is 3.70. The number of nitrogens with zero attached hydrogens (tertiary/aromatic N) is 1. The van der Waals surface area contributed by atoms with Gasteiger partial charge in [0.1, 0.15) is 11.5 Å². The lowest BCUT2D eigenvalue weighted by molar-refractivity contribution is 0.592. The van der Waals surface area contributed by atoms with E-state index in [4.69, 9.17) is 9.40 Å². The summed E-state index contributed by atoms with van der Waals surface area (Å²) in [7, 11) is -3.18. The maximum atomic E-state index is 15.3. The number of hydrogen-bond donors (Lipinski definition) is 0. The summed E-state index contributed by atoms with van der Waals surface area (Å²) >= 11 is 0. The number of benzene rings is 9. The van der Waals surface area contributed by atoms with Crippen LogP contribution in [0.25, 0.3) is 87.9 Å². The molecule has 0 fully saturated rings. The van der Waals surface area contributed by atoms with Crippen LogP contribution in [0.15, 0.2) is 211 Å². The molecule has 4 heteroatoms. The zero-order valence-corrected chi connectivity index (χ0v) is 31.7. The summed E-state index contributed by atoms with van der Waals surface area (Å²) in [5.74, 6) is 0.741. The Morgan fingerprint density at radius 3 is 1.44 bits per heavy atom. The number of furan rings is 1. The number of pyridine rings is 1. The molecule has 2 aromatic heterocycles. The van der Waals surface area contributed by atoms with Gasteiger partial charge in [-0.25, -0.2) is 4.98 Å². The van der Waals surface area contributed by atoms with Crippen molar-refractivity contribution < 1.29 is 8.98 Å². The quantitative estimate of drug-likeness (QED) is 0.126. The van der Waals surface area contributed by atoms with Crippen LogP contribution in [0.4, 0.5) is 0 Å². The van der Waals surface area contributed by atoms with Crippen LogP contribution >= 0.6 is 7.14 Å². The number of aromatic nitrogens is 1. The van der Waals surface area contributed by atoms with E-state index >= 15 is 4.57 Å². The monoisotopic (exact) mass is 747 g/mol. The van der Waals surface area contributed by atoms with Gasteiger partial charge in [-0.15, -0.1) is 0 Å². The van der Waals surface area contributed by atoms with Gasteiger partial charge in [0.15, 0.2) is 12.7 Å². The Balaban J connectivity index is 1.21. The van der Waals surface area contributed by atoms with Crippen LogP contribution in [0.3, 0.4) is 0 Å². The second kappa shape index (κ2) is 13.3. The lowest BCUT2D eigenvalue weighted by Crippen LogP contribution is -2.24. The Labute approximate surface area is 329 Å². The van der Waals surface area contributed by atoms with Gasteiger partial charge in [0.25, 0.3) is 0 Å². The van der Waals surface area contributed by atoms with Gasteiger partial charge in [0.2, 0.25) is 0 Å². The maximum absolute atomic E-state index is 15.3. The molecule has 2 heterocycles. The van der Waals surface area contributed by atoms with Crippen LogP contribution in [-0.4, -0.2) is 4.98 Å². The minimum absolute atomic E-state index is 0.733. The Hall–Kier alpha value is -7.06. The van der Waals surface area contributed by atoms with Crippen LogP contribution < -0.4 is 15.9 Å². The number of para-hydroxylation sites is 1. The third-order valence-electron chi connectivity index (χ3n) is 11.3.